The smallest absolute Gasteiger partial charge is 0.246 e. The lowest BCUT2D eigenvalue weighted by molar-refractivity contribution is -0.117. The first-order valence-electron chi connectivity index (χ1n) is 9.95. The second-order valence-electron chi connectivity index (χ2n) is 7.78. The molecule has 1 amide bonds. The Labute approximate surface area is 183 Å². The summed E-state index contributed by atoms with van der Waals surface area (Å²) < 4.78 is 26.3. The molecule has 1 heterocycles. The third-order valence-corrected chi connectivity index (χ3v) is 8.42. The molecule has 1 N–H and O–H groups in total. The van der Waals surface area contributed by atoms with Crippen LogP contribution in [-0.4, -0.2) is 51.1 Å². The van der Waals surface area contributed by atoms with Gasteiger partial charge in [-0.25, -0.2) is 12.7 Å². The van der Waals surface area contributed by atoms with E-state index < -0.39 is 10.0 Å². The van der Waals surface area contributed by atoms with Crippen LogP contribution in [0.15, 0.2) is 46.2 Å². The maximum atomic E-state index is 13.1. The summed E-state index contributed by atoms with van der Waals surface area (Å²) >= 11 is 1.79. The highest BCUT2D eigenvalue weighted by Crippen LogP contribution is 2.37. The summed E-state index contributed by atoms with van der Waals surface area (Å²) in [4.78, 5) is 16.3. The van der Waals surface area contributed by atoms with Gasteiger partial charge >= 0.3 is 0 Å². The van der Waals surface area contributed by atoms with Crippen molar-refractivity contribution in [2.75, 3.05) is 37.4 Å². The van der Waals surface area contributed by atoms with Gasteiger partial charge in [0.1, 0.15) is 0 Å². The molecule has 1 atom stereocenters. The minimum Gasteiger partial charge on any atom is -0.376 e. The van der Waals surface area contributed by atoms with Crippen molar-refractivity contribution in [2.24, 2.45) is 0 Å². The van der Waals surface area contributed by atoms with Crippen LogP contribution in [0.25, 0.3) is 0 Å². The summed E-state index contributed by atoms with van der Waals surface area (Å²) in [6, 6.07) is 11.3. The van der Waals surface area contributed by atoms with Gasteiger partial charge in [0.05, 0.1) is 17.1 Å². The lowest BCUT2D eigenvalue weighted by Gasteiger charge is -2.23. The number of sulfonamides is 1. The van der Waals surface area contributed by atoms with Crippen LogP contribution in [0.4, 0.5) is 11.4 Å². The molecule has 1 aliphatic rings. The maximum absolute atomic E-state index is 13.1. The summed E-state index contributed by atoms with van der Waals surface area (Å²) in [7, 11) is -0.532. The van der Waals surface area contributed by atoms with Crippen molar-refractivity contribution in [3.63, 3.8) is 0 Å². The molecule has 162 valence electrons. The van der Waals surface area contributed by atoms with Crippen molar-refractivity contribution in [3.8, 4) is 0 Å². The van der Waals surface area contributed by atoms with E-state index >= 15 is 0 Å². The number of carbonyl (C=O) groups is 1. The van der Waals surface area contributed by atoms with Crippen molar-refractivity contribution in [1.29, 1.82) is 0 Å². The van der Waals surface area contributed by atoms with Crippen molar-refractivity contribution in [3.05, 3.63) is 47.5 Å². The van der Waals surface area contributed by atoms with Crippen LogP contribution in [0.1, 0.15) is 24.5 Å². The molecule has 2 aromatic rings. The van der Waals surface area contributed by atoms with Gasteiger partial charge in [-0.05, 0) is 55.7 Å². The largest absolute Gasteiger partial charge is 0.376 e. The van der Waals surface area contributed by atoms with E-state index in [-0.39, 0.29) is 17.3 Å². The van der Waals surface area contributed by atoms with Gasteiger partial charge in [0.25, 0.3) is 0 Å². The molecular weight excluding hydrogens is 418 g/mol. The normalized spacial score (nSPS) is 16.9. The number of hydrogen-bond acceptors (Lipinski definition) is 5. The number of carbonyl (C=O) groups excluding carboxylic acids is 1. The number of benzene rings is 2. The fraction of sp³-hybridized carbons (Fsp3) is 0.409. The van der Waals surface area contributed by atoms with Crippen LogP contribution in [0, 0.1) is 13.8 Å². The summed E-state index contributed by atoms with van der Waals surface area (Å²) in [5.41, 5.74) is 3.39. The molecule has 0 bridgehead atoms. The first kappa shape index (κ1) is 22.7. The molecule has 0 saturated heterocycles. The zero-order valence-electron chi connectivity index (χ0n) is 18.1. The van der Waals surface area contributed by atoms with E-state index in [0.717, 1.165) is 28.1 Å². The molecule has 0 aliphatic carbocycles. The number of hydrogen-bond donors (Lipinski definition) is 1. The van der Waals surface area contributed by atoms with Gasteiger partial charge in [0.15, 0.2) is 0 Å². The Morgan fingerprint density at radius 2 is 1.93 bits per heavy atom. The molecule has 2 aromatic carbocycles. The zero-order chi connectivity index (χ0) is 22.1. The molecule has 8 heteroatoms. The molecule has 30 heavy (non-hydrogen) atoms. The van der Waals surface area contributed by atoms with Gasteiger partial charge in [-0.2, -0.15) is 0 Å². The van der Waals surface area contributed by atoms with Gasteiger partial charge in [0, 0.05) is 36.5 Å². The average Bonchev–Trinajstić information content (AvgIpc) is 2.86. The predicted molar refractivity (Wildman–Crippen MR) is 124 cm³/mol. The topological polar surface area (TPSA) is 69.7 Å². The second-order valence-corrected chi connectivity index (χ2v) is 11.4. The molecule has 3 rings (SSSR count). The highest BCUT2D eigenvalue weighted by molar-refractivity contribution is 8.00. The number of rotatable bonds is 5. The Morgan fingerprint density at radius 1 is 1.23 bits per heavy atom. The van der Waals surface area contributed by atoms with Crippen LogP contribution in [0.5, 0.6) is 0 Å². The summed E-state index contributed by atoms with van der Waals surface area (Å²) in [5, 5.41) is 3.62. The number of nitrogens with one attached hydrogen (secondary N) is 1. The van der Waals surface area contributed by atoms with Crippen molar-refractivity contribution >= 4 is 39.1 Å². The highest BCUT2D eigenvalue weighted by Gasteiger charge is 2.24. The number of thioether (sulfide) groups is 1. The Bertz CT molecular complexity index is 1050. The van der Waals surface area contributed by atoms with Crippen LogP contribution >= 0.6 is 11.8 Å². The molecule has 1 unspecified atom stereocenters. The maximum Gasteiger partial charge on any atom is 0.246 e. The number of para-hydroxylation sites is 1. The summed E-state index contributed by atoms with van der Waals surface area (Å²) in [6.07, 6.45) is 0.916. The number of amides is 1. The van der Waals surface area contributed by atoms with Crippen LogP contribution in [-0.2, 0) is 14.8 Å². The van der Waals surface area contributed by atoms with Crippen LogP contribution in [0.3, 0.4) is 0 Å². The SMILES string of the molecule is Cc1cc(S(=O)(=O)N(C)C)cc(NCC(=O)N2CCC(C)Sc3ccccc32)c1C. The predicted octanol–water partition coefficient (Wildman–Crippen LogP) is 3.88. The average molecular weight is 448 g/mol. The van der Waals surface area contributed by atoms with Crippen molar-refractivity contribution in [2.45, 2.75) is 42.2 Å². The van der Waals surface area contributed by atoms with E-state index in [4.69, 9.17) is 0 Å². The Morgan fingerprint density at radius 3 is 2.63 bits per heavy atom. The Balaban J connectivity index is 1.84. The zero-order valence-corrected chi connectivity index (χ0v) is 19.7. The fourth-order valence-electron chi connectivity index (χ4n) is 3.38. The van der Waals surface area contributed by atoms with E-state index in [0.29, 0.717) is 17.5 Å². The number of nitrogens with zero attached hydrogens (tertiary/aromatic N) is 2. The van der Waals surface area contributed by atoms with E-state index in [2.05, 4.69) is 18.3 Å². The first-order chi connectivity index (χ1) is 14.1. The van der Waals surface area contributed by atoms with Gasteiger partial charge in [-0.15, -0.1) is 11.8 Å². The minimum absolute atomic E-state index is 0.0323. The molecule has 0 saturated carbocycles. The molecule has 0 aromatic heterocycles. The van der Waals surface area contributed by atoms with E-state index in [1.54, 1.807) is 23.9 Å². The molecule has 1 aliphatic heterocycles. The Kier molecular flexibility index (Phi) is 6.79. The molecule has 0 spiro atoms. The summed E-state index contributed by atoms with van der Waals surface area (Å²) in [5.74, 6) is -0.0323. The van der Waals surface area contributed by atoms with Gasteiger partial charge in [-0.1, -0.05) is 19.1 Å². The van der Waals surface area contributed by atoms with Crippen LogP contribution < -0.4 is 10.2 Å². The molecular formula is C22H29N3O3S2. The number of aryl methyl sites for hydroxylation is 1. The van der Waals surface area contributed by atoms with Gasteiger partial charge < -0.3 is 10.2 Å². The number of fused-ring (bicyclic) bond motifs is 1. The minimum atomic E-state index is -3.55. The van der Waals surface area contributed by atoms with Gasteiger partial charge in [0.2, 0.25) is 15.9 Å². The lowest BCUT2D eigenvalue weighted by Crippen LogP contribution is -2.36. The third kappa shape index (κ3) is 4.66. The van der Waals surface area contributed by atoms with E-state index in [1.165, 1.54) is 18.4 Å². The first-order valence-corrected chi connectivity index (χ1v) is 12.3. The lowest BCUT2D eigenvalue weighted by atomic mass is 10.1. The number of anilines is 2. The Hall–Kier alpha value is -2.03. The molecule has 6 nitrogen and oxygen atoms in total. The monoisotopic (exact) mass is 447 g/mol. The summed E-state index contributed by atoms with van der Waals surface area (Å²) in [6.45, 7) is 6.74. The van der Waals surface area contributed by atoms with E-state index in [1.807, 2.05) is 36.9 Å². The quantitative estimate of drug-likeness (QED) is 0.753. The second kappa shape index (κ2) is 8.99. The molecule has 0 fully saturated rings. The standard InChI is InChI=1S/C22H29N3O3S2/c1-15-12-18(30(27,28)24(4)5)13-19(17(15)3)23-14-22(26)25-11-10-16(2)29-21-9-7-6-8-20(21)25/h6-9,12-13,16,23H,10-11,14H2,1-5H3. The van der Waals surface area contributed by atoms with Crippen molar-refractivity contribution in [1.82, 2.24) is 4.31 Å². The molecule has 0 radical (unpaired) electrons. The highest BCUT2D eigenvalue weighted by atomic mass is 32.2. The third-order valence-electron chi connectivity index (χ3n) is 5.39. The van der Waals surface area contributed by atoms with Gasteiger partial charge in [-0.3, -0.25) is 4.79 Å². The fourth-order valence-corrected chi connectivity index (χ4v) is 5.51. The van der Waals surface area contributed by atoms with Crippen molar-refractivity contribution < 1.29 is 13.2 Å². The van der Waals surface area contributed by atoms with Crippen LogP contribution in [0.2, 0.25) is 0 Å². The van der Waals surface area contributed by atoms with E-state index in [9.17, 15) is 13.2 Å².